The second-order valence-electron chi connectivity index (χ2n) is 9.03. The Hall–Kier alpha value is -0.870. The summed E-state index contributed by atoms with van der Waals surface area (Å²) >= 11 is 0. The fourth-order valence-corrected chi connectivity index (χ4v) is 6.20. The molecule has 5 fully saturated rings. The molecule has 1 aliphatic heterocycles. The van der Waals surface area contributed by atoms with Crippen molar-refractivity contribution in [2.24, 2.45) is 23.2 Å². The molecule has 5 aliphatic rings. The van der Waals surface area contributed by atoms with E-state index in [4.69, 9.17) is 4.74 Å². The third-order valence-corrected chi connectivity index (χ3v) is 7.07. The number of likely N-dealkylation sites (N-methyl/N-ethyl adjacent to an activating group) is 1. The van der Waals surface area contributed by atoms with Crippen LogP contribution in [0, 0.1) is 23.2 Å². The van der Waals surface area contributed by atoms with Gasteiger partial charge in [0.05, 0.1) is 12.7 Å². The molecule has 4 saturated carbocycles. The molecule has 1 atom stereocenters. The summed E-state index contributed by atoms with van der Waals surface area (Å²) in [5.74, 6) is 2.84. The lowest BCUT2D eigenvalue weighted by molar-refractivity contribution is -0.117. The molecule has 1 heterocycles. The zero-order chi connectivity index (χ0) is 16.7. The molecule has 0 aromatic carbocycles. The number of amides is 1. The van der Waals surface area contributed by atoms with E-state index in [1.807, 2.05) is 6.08 Å². The summed E-state index contributed by atoms with van der Waals surface area (Å²) in [4.78, 5) is 14.7. The number of morpholine rings is 1. The van der Waals surface area contributed by atoms with Gasteiger partial charge in [-0.15, -0.1) is 0 Å². The van der Waals surface area contributed by atoms with E-state index in [2.05, 4.69) is 24.2 Å². The first-order valence-electron chi connectivity index (χ1n) is 9.79. The monoisotopic (exact) mass is 332 g/mol. The minimum Gasteiger partial charge on any atom is -0.374 e. The lowest BCUT2D eigenvalue weighted by atomic mass is 9.48. The minimum atomic E-state index is 0.0695. The summed E-state index contributed by atoms with van der Waals surface area (Å²) in [6.45, 7) is 5.47. The SMILES string of the molecule is C/C(=C\C(=O)NCC1CN(C)CCO1)C12CC3CC(CC(C3)C1)C2. The molecule has 4 heteroatoms. The summed E-state index contributed by atoms with van der Waals surface area (Å²) in [6, 6.07) is 0. The van der Waals surface area contributed by atoms with Crippen molar-refractivity contribution >= 4 is 5.91 Å². The molecule has 134 valence electrons. The lowest BCUT2D eigenvalue weighted by Gasteiger charge is -2.57. The van der Waals surface area contributed by atoms with Gasteiger partial charge >= 0.3 is 0 Å². The van der Waals surface area contributed by atoms with Crippen molar-refractivity contribution in [3.63, 3.8) is 0 Å². The van der Waals surface area contributed by atoms with Gasteiger partial charge in [-0.2, -0.15) is 0 Å². The number of rotatable bonds is 4. The van der Waals surface area contributed by atoms with Crippen LogP contribution in [-0.2, 0) is 9.53 Å². The number of nitrogens with zero attached hydrogens (tertiary/aromatic N) is 1. The zero-order valence-electron chi connectivity index (χ0n) is 15.2. The van der Waals surface area contributed by atoms with Crippen LogP contribution in [0.4, 0.5) is 0 Å². The molecule has 0 spiro atoms. The van der Waals surface area contributed by atoms with E-state index in [1.54, 1.807) is 0 Å². The first-order chi connectivity index (χ1) is 11.5. The maximum Gasteiger partial charge on any atom is 0.244 e. The largest absolute Gasteiger partial charge is 0.374 e. The minimum absolute atomic E-state index is 0.0695. The maximum atomic E-state index is 12.4. The van der Waals surface area contributed by atoms with Gasteiger partial charge in [0.2, 0.25) is 5.91 Å². The molecular weight excluding hydrogens is 300 g/mol. The van der Waals surface area contributed by atoms with E-state index in [0.29, 0.717) is 12.0 Å². The van der Waals surface area contributed by atoms with Crippen molar-refractivity contribution < 1.29 is 9.53 Å². The Balaban J connectivity index is 1.35. The molecule has 4 aliphatic carbocycles. The third-order valence-electron chi connectivity index (χ3n) is 7.07. The maximum absolute atomic E-state index is 12.4. The highest BCUT2D eigenvalue weighted by Gasteiger charge is 2.51. The molecule has 5 rings (SSSR count). The van der Waals surface area contributed by atoms with Gasteiger partial charge in [-0.1, -0.05) is 5.57 Å². The van der Waals surface area contributed by atoms with Crippen molar-refractivity contribution in [2.45, 2.75) is 51.6 Å². The Morgan fingerprint density at radius 3 is 2.42 bits per heavy atom. The fourth-order valence-electron chi connectivity index (χ4n) is 6.20. The van der Waals surface area contributed by atoms with Gasteiger partial charge in [0, 0.05) is 25.7 Å². The molecular formula is C20H32N2O2. The highest BCUT2D eigenvalue weighted by atomic mass is 16.5. The number of carbonyl (C=O) groups is 1. The fraction of sp³-hybridized carbons (Fsp3) is 0.850. The smallest absolute Gasteiger partial charge is 0.244 e. The molecule has 0 aromatic heterocycles. The zero-order valence-corrected chi connectivity index (χ0v) is 15.2. The molecule has 1 unspecified atom stereocenters. The Morgan fingerprint density at radius 2 is 1.83 bits per heavy atom. The van der Waals surface area contributed by atoms with Crippen LogP contribution in [-0.4, -0.2) is 50.2 Å². The standard InChI is InChI=1S/C20H32N2O2/c1-14(5-19(23)21-12-18-13-22(2)3-4-24-18)20-9-15-6-16(10-20)8-17(7-15)11-20/h5,15-18H,3-4,6-13H2,1-2H3,(H,21,23)/b14-5+. The van der Waals surface area contributed by atoms with Crippen LogP contribution in [0.2, 0.25) is 0 Å². The highest BCUT2D eigenvalue weighted by molar-refractivity contribution is 5.88. The summed E-state index contributed by atoms with van der Waals surface area (Å²) in [7, 11) is 2.11. The first-order valence-corrected chi connectivity index (χ1v) is 9.79. The number of carbonyl (C=O) groups excluding carboxylic acids is 1. The summed E-state index contributed by atoms with van der Waals surface area (Å²) < 4.78 is 5.73. The molecule has 4 nitrogen and oxygen atoms in total. The van der Waals surface area contributed by atoms with E-state index in [-0.39, 0.29) is 12.0 Å². The number of hydrogen-bond donors (Lipinski definition) is 1. The predicted octanol–water partition coefficient (Wildman–Crippen LogP) is 2.60. The van der Waals surface area contributed by atoms with Gasteiger partial charge in [-0.05, 0) is 75.7 Å². The van der Waals surface area contributed by atoms with Gasteiger partial charge in [-0.25, -0.2) is 0 Å². The van der Waals surface area contributed by atoms with E-state index >= 15 is 0 Å². The Kier molecular flexibility index (Phi) is 4.46. The Labute approximate surface area is 146 Å². The first kappa shape index (κ1) is 16.6. The topological polar surface area (TPSA) is 41.6 Å². The van der Waals surface area contributed by atoms with Crippen LogP contribution < -0.4 is 5.32 Å². The average molecular weight is 332 g/mol. The van der Waals surface area contributed by atoms with Gasteiger partial charge in [0.15, 0.2) is 0 Å². The van der Waals surface area contributed by atoms with Crippen LogP contribution >= 0.6 is 0 Å². The third kappa shape index (κ3) is 3.28. The second-order valence-corrected chi connectivity index (χ2v) is 9.03. The highest BCUT2D eigenvalue weighted by Crippen LogP contribution is 2.62. The van der Waals surface area contributed by atoms with Crippen molar-refractivity contribution in [3.05, 3.63) is 11.6 Å². The Bertz CT molecular complexity index is 492. The van der Waals surface area contributed by atoms with Crippen molar-refractivity contribution in [1.29, 1.82) is 0 Å². The average Bonchev–Trinajstić information content (AvgIpc) is 2.52. The summed E-state index contributed by atoms with van der Waals surface area (Å²) in [6.07, 6.45) is 10.4. The van der Waals surface area contributed by atoms with Gasteiger partial charge in [0.25, 0.3) is 0 Å². The number of ether oxygens (including phenoxy) is 1. The van der Waals surface area contributed by atoms with E-state index in [0.717, 1.165) is 37.5 Å². The molecule has 0 radical (unpaired) electrons. The molecule has 0 aromatic rings. The molecule has 4 bridgehead atoms. The molecule has 1 N–H and O–H groups in total. The quantitative estimate of drug-likeness (QED) is 0.805. The van der Waals surface area contributed by atoms with Crippen LogP contribution in [0.25, 0.3) is 0 Å². The molecule has 24 heavy (non-hydrogen) atoms. The number of allylic oxidation sites excluding steroid dienone is 1. The van der Waals surface area contributed by atoms with Crippen molar-refractivity contribution in [1.82, 2.24) is 10.2 Å². The van der Waals surface area contributed by atoms with E-state index < -0.39 is 0 Å². The van der Waals surface area contributed by atoms with Gasteiger partial charge in [0.1, 0.15) is 0 Å². The van der Waals surface area contributed by atoms with Crippen LogP contribution in [0.1, 0.15) is 45.4 Å². The van der Waals surface area contributed by atoms with Gasteiger partial charge in [-0.3, -0.25) is 4.79 Å². The molecule has 1 amide bonds. The van der Waals surface area contributed by atoms with Crippen molar-refractivity contribution in [3.8, 4) is 0 Å². The molecule has 1 saturated heterocycles. The van der Waals surface area contributed by atoms with Crippen LogP contribution in [0.15, 0.2) is 11.6 Å². The summed E-state index contributed by atoms with van der Waals surface area (Å²) in [5.41, 5.74) is 1.67. The van der Waals surface area contributed by atoms with Crippen LogP contribution in [0.5, 0.6) is 0 Å². The summed E-state index contributed by atoms with van der Waals surface area (Å²) in [5, 5.41) is 3.07. The second kappa shape index (κ2) is 6.45. The van der Waals surface area contributed by atoms with Crippen LogP contribution in [0.3, 0.4) is 0 Å². The van der Waals surface area contributed by atoms with E-state index in [9.17, 15) is 4.79 Å². The predicted molar refractivity (Wildman–Crippen MR) is 94.6 cm³/mol. The lowest BCUT2D eigenvalue weighted by Crippen LogP contribution is -2.47. The number of nitrogens with one attached hydrogen (secondary N) is 1. The van der Waals surface area contributed by atoms with Gasteiger partial charge < -0.3 is 15.0 Å². The van der Waals surface area contributed by atoms with E-state index in [1.165, 1.54) is 44.1 Å². The van der Waals surface area contributed by atoms with Crippen molar-refractivity contribution in [2.75, 3.05) is 33.3 Å². The Morgan fingerprint density at radius 1 is 1.21 bits per heavy atom. The number of hydrogen-bond acceptors (Lipinski definition) is 3. The normalized spacial score (nSPS) is 42.3.